The van der Waals surface area contributed by atoms with Gasteiger partial charge in [-0.1, -0.05) is 15.9 Å². The number of piperazine rings is 1. The maximum atomic E-state index is 13.2. The third-order valence-electron chi connectivity index (χ3n) is 3.06. The molecule has 1 heterocycles. The van der Waals surface area contributed by atoms with Crippen LogP contribution in [-0.2, 0) is 0 Å². The smallest absolute Gasteiger partial charge is 0.123 e. The number of nitrogens with one attached hydrogen (secondary N) is 1. The zero-order chi connectivity index (χ0) is 12.3. The van der Waals surface area contributed by atoms with Gasteiger partial charge in [-0.05, 0) is 23.8 Å². The van der Waals surface area contributed by atoms with Gasteiger partial charge in [0, 0.05) is 30.7 Å². The van der Waals surface area contributed by atoms with E-state index in [0.717, 1.165) is 30.7 Å². The zero-order valence-corrected chi connectivity index (χ0v) is 12.2. The molecule has 6 heteroatoms. The second-order valence-electron chi connectivity index (χ2n) is 4.12. The minimum atomic E-state index is -0.498. The van der Waals surface area contributed by atoms with E-state index in [-0.39, 0.29) is 24.3 Å². The summed E-state index contributed by atoms with van der Waals surface area (Å²) in [7, 11) is 0. The minimum Gasteiger partial charge on any atom is -0.314 e. The van der Waals surface area contributed by atoms with Crippen LogP contribution in [0.25, 0.3) is 0 Å². The Bertz CT molecular complexity index is 386. The van der Waals surface area contributed by atoms with E-state index in [1.54, 1.807) is 6.07 Å². The normalized spacial score (nSPS) is 18.2. The lowest BCUT2D eigenvalue weighted by Crippen LogP contribution is -2.45. The Balaban J connectivity index is 0.00000162. The Morgan fingerprint density at radius 3 is 2.61 bits per heavy atom. The summed E-state index contributed by atoms with van der Waals surface area (Å²) < 4.78 is 27.2. The maximum absolute atomic E-state index is 13.2. The van der Waals surface area contributed by atoms with Crippen LogP contribution in [0.2, 0.25) is 0 Å². The highest BCUT2D eigenvalue weighted by Gasteiger charge is 2.24. The number of nitrogens with zero attached hydrogens (tertiary/aromatic N) is 1. The van der Waals surface area contributed by atoms with E-state index in [9.17, 15) is 8.78 Å². The molecule has 102 valence electrons. The molecule has 1 aromatic carbocycles. The largest absolute Gasteiger partial charge is 0.314 e. The van der Waals surface area contributed by atoms with Crippen molar-refractivity contribution in [2.45, 2.75) is 6.04 Å². The fourth-order valence-corrected chi connectivity index (χ4v) is 2.65. The lowest BCUT2D eigenvalue weighted by Gasteiger charge is -2.34. The first kappa shape index (κ1) is 15.8. The van der Waals surface area contributed by atoms with E-state index in [1.807, 2.05) is 0 Å². The molecule has 1 aromatic rings. The number of hydrogen-bond donors (Lipinski definition) is 1. The van der Waals surface area contributed by atoms with Crippen LogP contribution in [-0.4, -0.2) is 37.8 Å². The highest BCUT2D eigenvalue weighted by atomic mass is 79.9. The van der Waals surface area contributed by atoms with Crippen LogP contribution in [0.4, 0.5) is 8.78 Å². The van der Waals surface area contributed by atoms with Crippen molar-refractivity contribution in [3.8, 4) is 0 Å². The predicted molar refractivity (Wildman–Crippen MR) is 74.5 cm³/mol. The Labute approximate surface area is 120 Å². The number of benzene rings is 1. The summed E-state index contributed by atoms with van der Waals surface area (Å²) in [6, 6.07) is 4.06. The van der Waals surface area contributed by atoms with Crippen molar-refractivity contribution in [2.24, 2.45) is 0 Å². The molecule has 1 saturated heterocycles. The highest BCUT2D eigenvalue weighted by Crippen LogP contribution is 2.29. The van der Waals surface area contributed by atoms with E-state index in [2.05, 4.69) is 26.1 Å². The number of hydrogen-bond acceptors (Lipinski definition) is 2. The van der Waals surface area contributed by atoms with Gasteiger partial charge < -0.3 is 5.32 Å². The summed E-state index contributed by atoms with van der Waals surface area (Å²) in [5.74, 6) is -0.322. The average Bonchev–Trinajstić information content (AvgIpc) is 2.36. The first-order valence-electron chi connectivity index (χ1n) is 5.68. The number of alkyl halides is 1. The third-order valence-corrected chi connectivity index (χ3v) is 3.78. The Morgan fingerprint density at radius 1 is 1.33 bits per heavy atom. The van der Waals surface area contributed by atoms with Gasteiger partial charge in [0.25, 0.3) is 0 Å². The van der Waals surface area contributed by atoms with Crippen LogP contribution in [0.15, 0.2) is 22.7 Å². The molecule has 1 N–H and O–H groups in total. The fourth-order valence-electron chi connectivity index (χ4n) is 2.14. The summed E-state index contributed by atoms with van der Waals surface area (Å²) >= 11 is 3.36. The lowest BCUT2D eigenvalue weighted by molar-refractivity contribution is 0.147. The van der Waals surface area contributed by atoms with Crippen molar-refractivity contribution < 1.29 is 8.78 Å². The molecule has 0 amide bonds. The second kappa shape index (κ2) is 7.38. The molecule has 0 aliphatic carbocycles. The van der Waals surface area contributed by atoms with E-state index in [1.165, 1.54) is 12.1 Å². The summed E-state index contributed by atoms with van der Waals surface area (Å²) in [6.07, 6.45) is 0. The predicted octanol–water partition coefficient (Wildman–Crippen LogP) is 2.93. The molecular formula is C12H16BrClF2N2. The molecule has 2 nitrogen and oxygen atoms in total. The van der Waals surface area contributed by atoms with Crippen LogP contribution in [0.5, 0.6) is 0 Å². The third kappa shape index (κ3) is 3.63. The van der Waals surface area contributed by atoms with Crippen molar-refractivity contribution >= 4 is 28.3 Å². The fraction of sp³-hybridized carbons (Fsp3) is 0.500. The topological polar surface area (TPSA) is 15.3 Å². The molecular weight excluding hydrogens is 325 g/mol. The van der Waals surface area contributed by atoms with Gasteiger partial charge in [0.1, 0.15) is 12.5 Å². The van der Waals surface area contributed by atoms with E-state index < -0.39 is 6.67 Å². The van der Waals surface area contributed by atoms with Gasteiger partial charge in [0.2, 0.25) is 0 Å². The molecule has 1 fully saturated rings. The molecule has 0 saturated carbocycles. The molecule has 1 aliphatic rings. The highest BCUT2D eigenvalue weighted by molar-refractivity contribution is 9.10. The Morgan fingerprint density at radius 2 is 2.00 bits per heavy atom. The molecule has 0 bridgehead atoms. The molecule has 0 aromatic heterocycles. The maximum Gasteiger partial charge on any atom is 0.123 e. The van der Waals surface area contributed by atoms with Gasteiger partial charge in [-0.2, -0.15) is 0 Å². The van der Waals surface area contributed by atoms with Gasteiger partial charge >= 0.3 is 0 Å². The Kier molecular flexibility index (Phi) is 6.49. The summed E-state index contributed by atoms with van der Waals surface area (Å²) in [5, 5.41) is 3.22. The standard InChI is InChI=1S/C12H15BrF2N2.ClH/c13-11-2-1-9(15)7-10(11)12(8-14)17-5-3-16-4-6-17;/h1-2,7,12,16H,3-6,8H2;1H/t12-;/m0./s1. The van der Waals surface area contributed by atoms with Gasteiger partial charge in [-0.3, -0.25) is 4.90 Å². The lowest BCUT2D eigenvalue weighted by atomic mass is 10.1. The second-order valence-corrected chi connectivity index (χ2v) is 4.98. The van der Waals surface area contributed by atoms with E-state index in [0.29, 0.717) is 5.56 Å². The first-order chi connectivity index (χ1) is 8.22. The van der Waals surface area contributed by atoms with E-state index >= 15 is 0 Å². The van der Waals surface area contributed by atoms with Gasteiger partial charge in [0.15, 0.2) is 0 Å². The molecule has 18 heavy (non-hydrogen) atoms. The summed E-state index contributed by atoms with van der Waals surface area (Å²) in [6.45, 7) is 2.78. The van der Waals surface area contributed by atoms with Crippen LogP contribution in [0.3, 0.4) is 0 Å². The molecule has 0 unspecified atom stereocenters. The number of halogens is 4. The molecule has 1 aliphatic heterocycles. The van der Waals surface area contributed by atoms with Crippen LogP contribution in [0, 0.1) is 5.82 Å². The Hall–Kier alpha value is -0.230. The van der Waals surface area contributed by atoms with Crippen LogP contribution < -0.4 is 5.32 Å². The quantitative estimate of drug-likeness (QED) is 0.909. The molecule has 2 rings (SSSR count). The van der Waals surface area contributed by atoms with Crippen molar-refractivity contribution in [1.29, 1.82) is 0 Å². The van der Waals surface area contributed by atoms with Crippen molar-refractivity contribution in [3.05, 3.63) is 34.1 Å². The van der Waals surface area contributed by atoms with Gasteiger partial charge in [-0.15, -0.1) is 12.4 Å². The van der Waals surface area contributed by atoms with Crippen LogP contribution in [0.1, 0.15) is 11.6 Å². The molecule has 0 radical (unpaired) electrons. The van der Waals surface area contributed by atoms with Crippen molar-refractivity contribution in [2.75, 3.05) is 32.9 Å². The first-order valence-corrected chi connectivity index (χ1v) is 6.47. The summed E-state index contributed by atoms with van der Waals surface area (Å²) in [4.78, 5) is 2.05. The van der Waals surface area contributed by atoms with E-state index in [4.69, 9.17) is 0 Å². The van der Waals surface area contributed by atoms with Crippen molar-refractivity contribution in [3.63, 3.8) is 0 Å². The summed E-state index contributed by atoms with van der Waals surface area (Å²) in [5.41, 5.74) is 0.689. The molecule has 0 spiro atoms. The molecule has 1 atom stereocenters. The number of rotatable bonds is 3. The monoisotopic (exact) mass is 340 g/mol. The van der Waals surface area contributed by atoms with Gasteiger partial charge in [-0.25, -0.2) is 8.78 Å². The zero-order valence-electron chi connectivity index (χ0n) is 9.83. The van der Waals surface area contributed by atoms with Crippen molar-refractivity contribution in [1.82, 2.24) is 10.2 Å². The van der Waals surface area contributed by atoms with Gasteiger partial charge in [0.05, 0.1) is 6.04 Å². The SMILES string of the molecule is Cl.FC[C@@H](c1cc(F)ccc1Br)N1CCNCC1. The van der Waals surface area contributed by atoms with Crippen LogP contribution >= 0.6 is 28.3 Å². The minimum absolute atomic E-state index is 0. The average molecular weight is 342 g/mol.